The van der Waals surface area contributed by atoms with Gasteiger partial charge in [-0.15, -0.1) is 0 Å². The van der Waals surface area contributed by atoms with E-state index in [4.69, 9.17) is 10.5 Å². The van der Waals surface area contributed by atoms with Crippen molar-refractivity contribution in [2.75, 3.05) is 17.7 Å². The number of nitrogens with two attached hydrogens (primary N) is 1. The molecule has 0 fully saturated rings. The lowest BCUT2D eigenvalue weighted by atomic mass is 9.82. The summed E-state index contributed by atoms with van der Waals surface area (Å²) in [5.74, 6) is 0.915. The van der Waals surface area contributed by atoms with E-state index in [0.29, 0.717) is 35.8 Å². The third-order valence-electron chi connectivity index (χ3n) is 4.93. The molecule has 1 aromatic carbocycles. The number of carbonyl (C=O) groups excluding carboxylic acids is 1. The van der Waals surface area contributed by atoms with Crippen molar-refractivity contribution < 1.29 is 22.7 Å². The molecule has 1 atom stereocenters. The molecule has 0 aliphatic carbocycles. The number of nitrogens with one attached hydrogen (secondary N) is 1. The number of hydrogen-bond donors (Lipinski definition) is 2. The van der Waals surface area contributed by atoms with Crippen LogP contribution < -0.4 is 15.8 Å². The van der Waals surface area contributed by atoms with E-state index in [1.807, 2.05) is 0 Å². The van der Waals surface area contributed by atoms with Crippen molar-refractivity contribution in [2.24, 2.45) is 10.7 Å². The molecule has 0 saturated heterocycles. The predicted molar refractivity (Wildman–Crippen MR) is 104 cm³/mol. The SMILES string of the molecule is NC1=NC2(CCOc3ccc(NC(=O)c4ccc(C(F)(F)F)cn4)cc32)CCS1. The van der Waals surface area contributed by atoms with E-state index in [1.165, 1.54) is 11.8 Å². The molecule has 0 saturated carbocycles. The van der Waals surface area contributed by atoms with Gasteiger partial charge in [0.25, 0.3) is 5.91 Å². The molecule has 29 heavy (non-hydrogen) atoms. The summed E-state index contributed by atoms with van der Waals surface area (Å²) in [6.45, 7) is 0.523. The minimum atomic E-state index is -4.50. The minimum absolute atomic E-state index is 0.113. The number of benzene rings is 1. The number of rotatable bonds is 2. The Morgan fingerprint density at radius 3 is 2.76 bits per heavy atom. The number of carbonyl (C=O) groups is 1. The lowest BCUT2D eigenvalue weighted by Crippen LogP contribution is -2.36. The summed E-state index contributed by atoms with van der Waals surface area (Å²) in [6.07, 6.45) is -2.39. The van der Waals surface area contributed by atoms with E-state index >= 15 is 0 Å². The number of thioether (sulfide) groups is 1. The second-order valence-electron chi connectivity index (χ2n) is 6.77. The Bertz CT molecular complexity index is 978. The van der Waals surface area contributed by atoms with Crippen molar-refractivity contribution >= 4 is 28.5 Å². The summed E-state index contributed by atoms with van der Waals surface area (Å²) in [7, 11) is 0. The number of fused-ring (bicyclic) bond motifs is 2. The van der Waals surface area contributed by atoms with Crippen LogP contribution in [-0.2, 0) is 11.7 Å². The van der Waals surface area contributed by atoms with Gasteiger partial charge < -0.3 is 15.8 Å². The second-order valence-corrected chi connectivity index (χ2v) is 7.89. The summed E-state index contributed by atoms with van der Waals surface area (Å²) in [5, 5.41) is 3.20. The number of ether oxygens (including phenoxy) is 1. The average molecular weight is 422 g/mol. The number of nitrogens with zero attached hydrogens (tertiary/aromatic N) is 2. The first-order chi connectivity index (χ1) is 13.8. The zero-order valence-corrected chi connectivity index (χ0v) is 15.9. The molecule has 3 heterocycles. The Morgan fingerprint density at radius 2 is 2.07 bits per heavy atom. The van der Waals surface area contributed by atoms with Crippen LogP contribution in [0, 0.1) is 0 Å². The molecule has 3 N–H and O–H groups in total. The zero-order chi connectivity index (χ0) is 20.6. The monoisotopic (exact) mass is 422 g/mol. The first-order valence-electron chi connectivity index (χ1n) is 8.87. The molecule has 2 aliphatic rings. The van der Waals surface area contributed by atoms with Gasteiger partial charge in [-0.2, -0.15) is 13.2 Å². The van der Waals surface area contributed by atoms with E-state index in [-0.39, 0.29) is 5.69 Å². The number of pyridine rings is 1. The van der Waals surface area contributed by atoms with Crippen LogP contribution in [0.5, 0.6) is 5.75 Å². The third kappa shape index (κ3) is 3.89. The topological polar surface area (TPSA) is 89.6 Å². The number of amides is 1. The zero-order valence-electron chi connectivity index (χ0n) is 15.1. The van der Waals surface area contributed by atoms with Gasteiger partial charge in [0.05, 0.1) is 17.7 Å². The molecule has 1 spiro atoms. The van der Waals surface area contributed by atoms with Crippen LogP contribution in [0.4, 0.5) is 18.9 Å². The molecule has 1 amide bonds. The normalized spacial score (nSPS) is 21.1. The lowest BCUT2D eigenvalue weighted by Gasteiger charge is -2.38. The quantitative estimate of drug-likeness (QED) is 0.769. The molecule has 4 rings (SSSR count). The molecule has 2 aliphatic heterocycles. The number of anilines is 1. The van der Waals surface area contributed by atoms with Crippen LogP contribution in [0.1, 0.15) is 34.5 Å². The summed E-state index contributed by atoms with van der Waals surface area (Å²) in [4.78, 5) is 20.7. The number of aromatic nitrogens is 1. The van der Waals surface area contributed by atoms with Crippen molar-refractivity contribution in [3.63, 3.8) is 0 Å². The van der Waals surface area contributed by atoms with Gasteiger partial charge >= 0.3 is 6.18 Å². The fourth-order valence-corrected chi connectivity index (χ4v) is 4.34. The molecule has 0 bridgehead atoms. The van der Waals surface area contributed by atoms with Crippen molar-refractivity contribution in [3.05, 3.63) is 53.3 Å². The highest BCUT2D eigenvalue weighted by Gasteiger charge is 2.40. The standard InChI is InChI=1S/C19H17F3N4O2S/c20-19(21,22)11-1-3-14(24-10-11)16(27)25-12-2-4-15-13(9-12)18(5-7-28-15)6-8-29-17(23)26-18/h1-4,9-10H,5-8H2,(H2,23,26)(H,25,27). The largest absolute Gasteiger partial charge is 0.493 e. The first-order valence-corrected chi connectivity index (χ1v) is 9.85. The van der Waals surface area contributed by atoms with Crippen molar-refractivity contribution in [1.29, 1.82) is 0 Å². The number of aliphatic imine (C=N–C) groups is 1. The minimum Gasteiger partial charge on any atom is -0.493 e. The predicted octanol–water partition coefficient (Wildman–Crippen LogP) is 3.78. The highest BCUT2D eigenvalue weighted by atomic mass is 32.2. The molecule has 1 aromatic heterocycles. The Morgan fingerprint density at radius 1 is 1.24 bits per heavy atom. The number of alkyl halides is 3. The van der Waals surface area contributed by atoms with Gasteiger partial charge in [0.2, 0.25) is 0 Å². The van der Waals surface area contributed by atoms with Crippen LogP contribution in [0.2, 0.25) is 0 Å². The van der Waals surface area contributed by atoms with Crippen LogP contribution in [0.3, 0.4) is 0 Å². The average Bonchev–Trinajstić information content (AvgIpc) is 2.68. The van der Waals surface area contributed by atoms with Gasteiger partial charge in [-0.05, 0) is 36.8 Å². The third-order valence-corrected chi connectivity index (χ3v) is 5.72. The van der Waals surface area contributed by atoms with Crippen molar-refractivity contribution in [3.8, 4) is 5.75 Å². The highest BCUT2D eigenvalue weighted by Crippen LogP contribution is 2.46. The summed E-state index contributed by atoms with van der Waals surface area (Å²) in [6, 6.07) is 7.08. The van der Waals surface area contributed by atoms with Crippen LogP contribution in [0.25, 0.3) is 0 Å². The number of hydrogen-bond acceptors (Lipinski definition) is 6. The van der Waals surface area contributed by atoms with Crippen LogP contribution >= 0.6 is 11.8 Å². The molecule has 1 unspecified atom stereocenters. The van der Waals surface area contributed by atoms with Gasteiger partial charge in [-0.1, -0.05) is 11.8 Å². The molecule has 6 nitrogen and oxygen atoms in total. The fourth-order valence-electron chi connectivity index (χ4n) is 3.45. The Kier molecular flexibility index (Phi) is 4.89. The smallest absolute Gasteiger partial charge is 0.417 e. The highest BCUT2D eigenvalue weighted by molar-refractivity contribution is 8.13. The number of amidine groups is 1. The first kappa shape index (κ1) is 19.6. The van der Waals surface area contributed by atoms with Gasteiger partial charge in [0, 0.05) is 29.6 Å². The summed E-state index contributed by atoms with van der Waals surface area (Å²) >= 11 is 1.50. The molecule has 10 heteroatoms. The summed E-state index contributed by atoms with van der Waals surface area (Å²) in [5.41, 5.74) is 5.75. The maximum atomic E-state index is 12.7. The van der Waals surface area contributed by atoms with E-state index in [0.717, 1.165) is 29.9 Å². The molecule has 2 aromatic rings. The van der Waals surface area contributed by atoms with Gasteiger partial charge in [0.1, 0.15) is 11.4 Å². The number of halogens is 3. The lowest BCUT2D eigenvalue weighted by molar-refractivity contribution is -0.137. The summed E-state index contributed by atoms with van der Waals surface area (Å²) < 4.78 is 43.7. The molecule has 0 radical (unpaired) electrons. The maximum Gasteiger partial charge on any atom is 0.417 e. The molecular formula is C19H17F3N4O2S. The molecule has 152 valence electrons. The molecular weight excluding hydrogens is 405 g/mol. The van der Waals surface area contributed by atoms with Crippen LogP contribution in [-0.4, -0.2) is 28.4 Å². The maximum absolute atomic E-state index is 12.7. The van der Waals surface area contributed by atoms with Crippen molar-refractivity contribution in [2.45, 2.75) is 24.6 Å². The van der Waals surface area contributed by atoms with Crippen molar-refractivity contribution in [1.82, 2.24) is 4.98 Å². The Balaban J connectivity index is 1.59. The van der Waals surface area contributed by atoms with E-state index in [2.05, 4.69) is 15.3 Å². The Hall–Kier alpha value is -2.75. The van der Waals surface area contributed by atoms with E-state index in [1.54, 1.807) is 18.2 Å². The van der Waals surface area contributed by atoms with Gasteiger partial charge in [-0.25, -0.2) is 0 Å². The van der Waals surface area contributed by atoms with Gasteiger partial charge in [-0.3, -0.25) is 14.8 Å². The van der Waals surface area contributed by atoms with Gasteiger partial charge in [0.15, 0.2) is 5.17 Å². The second kappa shape index (κ2) is 7.25. The van der Waals surface area contributed by atoms with E-state index in [9.17, 15) is 18.0 Å². The van der Waals surface area contributed by atoms with Crippen LogP contribution in [0.15, 0.2) is 41.5 Å². The van der Waals surface area contributed by atoms with E-state index < -0.39 is 23.2 Å². The Labute approximate surface area is 168 Å². The fraction of sp³-hybridized carbons (Fsp3) is 0.316.